The number of carbonyl (C=O) groups excluding carboxylic acids is 1. The molecule has 7 nitrogen and oxygen atoms in total. The predicted molar refractivity (Wildman–Crippen MR) is 113 cm³/mol. The first-order chi connectivity index (χ1) is 14.2. The molecule has 10 heteroatoms. The van der Waals surface area contributed by atoms with Crippen LogP contribution in [0.5, 0.6) is 5.75 Å². The number of sulfonamides is 1. The molecule has 0 spiro atoms. The highest BCUT2D eigenvalue weighted by atomic mass is 35.5. The highest BCUT2D eigenvalue weighted by Crippen LogP contribution is 2.28. The van der Waals surface area contributed by atoms with Crippen molar-refractivity contribution >= 4 is 33.2 Å². The fraction of sp³-hybridized carbons (Fsp3) is 0.350. The summed E-state index contributed by atoms with van der Waals surface area (Å²) < 4.78 is 45.9. The highest BCUT2D eigenvalue weighted by molar-refractivity contribution is 7.89. The topological polar surface area (TPSA) is 79.0 Å². The summed E-state index contributed by atoms with van der Waals surface area (Å²) >= 11 is 6.00. The Morgan fingerprint density at radius 2 is 1.83 bits per heavy atom. The molecule has 1 aliphatic rings. The van der Waals surface area contributed by atoms with Crippen molar-refractivity contribution in [2.24, 2.45) is 0 Å². The summed E-state index contributed by atoms with van der Waals surface area (Å²) in [5.41, 5.74) is 0.461. The molecular formula is C20H23ClFN3O4S. The maximum atomic E-state index is 14.0. The van der Waals surface area contributed by atoms with Gasteiger partial charge in [0.2, 0.25) is 15.9 Å². The van der Waals surface area contributed by atoms with E-state index in [-0.39, 0.29) is 23.9 Å². The number of rotatable bonds is 6. The van der Waals surface area contributed by atoms with Crippen LogP contribution in [0.15, 0.2) is 47.4 Å². The van der Waals surface area contributed by atoms with Gasteiger partial charge in [0.05, 0.1) is 18.8 Å². The molecule has 1 atom stereocenters. The zero-order chi connectivity index (χ0) is 21.9. The molecule has 1 aliphatic heterocycles. The lowest BCUT2D eigenvalue weighted by Crippen LogP contribution is -2.54. The number of hydrogen-bond donors (Lipinski definition) is 1. The normalized spacial score (nSPS) is 16.8. The van der Waals surface area contributed by atoms with Crippen LogP contribution in [0.3, 0.4) is 0 Å². The van der Waals surface area contributed by atoms with Gasteiger partial charge in [-0.05, 0) is 37.3 Å². The molecule has 1 fully saturated rings. The van der Waals surface area contributed by atoms with E-state index < -0.39 is 21.9 Å². The number of ether oxygens (including phenoxy) is 1. The smallest absolute Gasteiger partial charge is 0.246 e. The Labute approximate surface area is 180 Å². The molecular weight excluding hydrogens is 433 g/mol. The number of anilines is 1. The highest BCUT2D eigenvalue weighted by Gasteiger charge is 2.33. The molecule has 0 saturated carbocycles. The first kappa shape index (κ1) is 22.5. The lowest BCUT2D eigenvalue weighted by atomic mass is 10.2. The first-order valence-corrected chi connectivity index (χ1v) is 11.2. The minimum absolute atomic E-state index is 0.161. The number of piperazine rings is 1. The summed E-state index contributed by atoms with van der Waals surface area (Å²) in [5.74, 6) is -0.551. The molecule has 1 amide bonds. The summed E-state index contributed by atoms with van der Waals surface area (Å²) in [7, 11) is -2.43. The van der Waals surface area contributed by atoms with Crippen molar-refractivity contribution < 1.29 is 22.3 Å². The molecule has 0 bridgehead atoms. The zero-order valence-corrected chi connectivity index (χ0v) is 18.2. The van der Waals surface area contributed by atoms with Crippen molar-refractivity contribution in [1.82, 2.24) is 9.21 Å². The number of nitrogens with one attached hydrogen (secondary N) is 1. The van der Waals surface area contributed by atoms with Gasteiger partial charge < -0.3 is 10.1 Å². The molecule has 1 N–H and O–H groups in total. The van der Waals surface area contributed by atoms with E-state index in [0.717, 1.165) is 6.07 Å². The number of hydrogen-bond acceptors (Lipinski definition) is 5. The average molecular weight is 456 g/mol. The van der Waals surface area contributed by atoms with Crippen molar-refractivity contribution in [3.8, 4) is 5.75 Å². The van der Waals surface area contributed by atoms with Crippen molar-refractivity contribution in [3.63, 3.8) is 0 Å². The molecule has 1 heterocycles. The fourth-order valence-corrected chi connectivity index (χ4v) is 4.96. The number of amides is 1. The van der Waals surface area contributed by atoms with Gasteiger partial charge >= 0.3 is 0 Å². The van der Waals surface area contributed by atoms with E-state index >= 15 is 0 Å². The summed E-state index contributed by atoms with van der Waals surface area (Å²) in [6, 6.07) is 9.73. The molecule has 1 saturated heterocycles. The van der Waals surface area contributed by atoms with E-state index in [9.17, 15) is 17.6 Å². The van der Waals surface area contributed by atoms with Gasteiger partial charge in [-0.25, -0.2) is 12.8 Å². The Kier molecular flexibility index (Phi) is 6.97. The van der Waals surface area contributed by atoms with Crippen LogP contribution in [-0.2, 0) is 14.8 Å². The van der Waals surface area contributed by atoms with Gasteiger partial charge in [0.25, 0.3) is 0 Å². The summed E-state index contributed by atoms with van der Waals surface area (Å²) in [6.07, 6.45) is 0. The first-order valence-electron chi connectivity index (χ1n) is 9.37. The molecule has 0 aromatic heterocycles. The van der Waals surface area contributed by atoms with Crippen LogP contribution in [0.2, 0.25) is 5.02 Å². The third-order valence-electron chi connectivity index (χ3n) is 5.07. The Morgan fingerprint density at radius 1 is 1.17 bits per heavy atom. The minimum atomic E-state index is -3.92. The maximum absolute atomic E-state index is 14.0. The van der Waals surface area contributed by atoms with Gasteiger partial charge in [0.1, 0.15) is 16.5 Å². The Balaban J connectivity index is 1.64. The molecule has 2 aromatic rings. The molecule has 3 rings (SSSR count). The Hall–Kier alpha value is -2.20. The van der Waals surface area contributed by atoms with E-state index in [1.165, 1.54) is 29.6 Å². The van der Waals surface area contributed by atoms with Crippen LogP contribution in [0, 0.1) is 5.82 Å². The number of carbonyl (C=O) groups is 1. The minimum Gasteiger partial charge on any atom is -0.495 e. The van der Waals surface area contributed by atoms with Crippen LogP contribution in [-0.4, -0.2) is 62.9 Å². The summed E-state index contributed by atoms with van der Waals surface area (Å²) in [6.45, 7) is 2.75. The van der Waals surface area contributed by atoms with E-state index in [2.05, 4.69) is 5.32 Å². The molecule has 0 aliphatic carbocycles. The largest absolute Gasteiger partial charge is 0.495 e. The van der Waals surface area contributed by atoms with Crippen molar-refractivity contribution in [1.29, 1.82) is 0 Å². The van der Waals surface area contributed by atoms with Crippen molar-refractivity contribution in [3.05, 3.63) is 53.3 Å². The zero-order valence-electron chi connectivity index (χ0n) is 16.6. The second-order valence-electron chi connectivity index (χ2n) is 6.88. The number of methoxy groups -OCH3 is 1. The number of halogens is 2. The van der Waals surface area contributed by atoms with Crippen LogP contribution in [0.25, 0.3) is 0 Å². The van der Waals surface area contributed by atoms with Gasteiger partial charge in [0, 0.05) is 31.2 Å². The van der Waals surface area contributed by atoms with E-state index in [0.29, 0.717) is 29.5 Å². The standard InChI is InChI=1S/C20H23ClFN3O4S/c1-14(20(26)23-17-13-15(21)7-8-18(17)29-2)24-9-11-25(12-10-24)30(27,28)19-6-4-3-5-16(19)22/h3-8,13-14H,9-12H2,1-2H3,(H,23,26)/t14-/m0/s1. The fourth-order valence-electron chi connectivity index (χ4n) is 3.31. The number of benzene rings is 2. The molecule has 0 radical (unpaired) electrons. The van der Waals surface area contributed by atoms with Crippen LogP contribution in [0.4, 0.5) is 10.1 Å². The Bertz CT molecular complexity index is 1030. The molecule has 30 heavy (non-hydrogen) atoms. The van der Waals surface area contributed by atoms with E-state index in [4.69, 9.17) is 16.3 Å². The van der Waals surface area contributed by atoms with Gasteiger partial charge in [0.15, 0.2) is 0 Å². The molecule has 162 valence electrons. The van der Waals surface area contributed by atoms with Gasteiger partial charge in [-0.3, -0.25) is 9.69 Å². The van der Waals surface area contributed by atoms with E-state index in [1.54, 1.807) is 25.1 Å². The summed E-state index contributed by atoms with van der Waals surface area (Å²) in [4.78, 5) is 14.2. The SMILES string of the molecule is COc1ccc(Cl)cc1NC(=O)[C@H](C)N1CCN(S(=O)(=O)c2ccccc2F)CC1. The van der Waals surface area contributed by atoms with Gasteiger partial charge in [-0.15, -0.1) is 0 Å². The van der Waals surface area contributed by atoms with Crippen LogP contribution >= 0.6 is 11.6 Å². The third-order valence-corrected chi connectivity index (χ3v) is 7.24. The predicted octanol–water partition coefficient (Wildman–Crippen LogP) is 2.82. The van der Waals surface area contributed by atoms with E-state index in [1.807, 2.05) is 4.90 Å². The monoisotopic (exact) mass is 455 g/mol. The lowest BCUT2D eigenvalue weighted by Gasteiger charge is -2.36. The van der Waals surface area contributed by atoms with Gasteiger partial charge in [-0.2, -0.15) is 4.31 Å². The molecule has 2 aromatic carbocycles. The lowest BCUT2D eigenvalue weighted by molar-refractivity contribution is -0.121. The van der Waals surface area contributed by atoms with Crippen molar-refractivity contribution in [2.75, 3.05) is 38.6 Å². The summed E-state index contributed by atoms with van der Waals surface area (Å²) in [5, 5.41) is 3.27. The maximum Gasteiger partial charge on any atom is 0.246 e. The average Bonchev–Trinajstić information content (AvgIpc) is 2.73. The Morgan fingerprint density at radius 3 is 2.47 bits per heavy atom. The van der Waals surface area contributed by atoms with Crippen LogP contribution < -0.4 is 10.1 Å². The van der Waals surface area contributed by atoms with Crippen LogP contribution in [0.1, 0.15) is 6.92 Å². The quantitative estimate of drug-likeness (QED) is 0.724. The van der Waals surface area contributed by atoms with Gasteiger partial charge in [-0.1, -0.05) is 23.7 Å². The second-order valence-corrected chi connectivity index (χ2v) is 9.22. The number of nitrogens with zero attached hydrogens (tertiary/aromatic N) is 2. The molecule has 0 unspecified atom stereocenters. The van der Waals surface area contributed by atoms with Crippen molar-refractivity contribution in [2.45, 2.75) is 17.9 Å². The third kappa shape index (κ3) is 4.75. The second kappa shape index (κ2) is 9.30.